The molecule has 3 rings (SSSR count). The van der Waals surface area contributed by atoms with Crippen LogP contribution in [0.5, 0.6) is 0 Å². The molecule has 2 aromatic heterocycles. The minimum Gasteiger partial charge on any atom is -0.479 e. The predicted octanol–water partition coefficient (Wildman–Crippen LogP) is 10.3. The number of nitrogens with two attached hydrogens (primary N) is 1. The second-order valence-electron chi connectivity index (χ2n) is 20.1. The maximum absolute atomic E-state index is 11.6. The third-order valence-corrected chi connectivity index (χ3v) is 17.5. The van der Waals surface area contributed by atoms with Gasteiger partial charge in [-0.1, -0.05) is 105 Å². The standard InChI is InChI=1S/C14H25N3O3S2.C11H12O3S.2C7H15N3O2.C7H17NO2.2C7H10OS2.C4H6O.C3H3N5O2S.C3H6OS2.K.N3.Na/c1-5-18-13(19-6-2)8-9-17-10-12(15-16-17)11(4)22-14(21)20-7-3;1-4-10(3)14-15(12,13)11-7-5-9(2)6-8-11;2*1-3-11-7(12-4-2)5-6-9-10-8;1-3-9-7(5-6-8)10-4-2;2*1-4-6(3)10-7(9)8-5-2;1-3-4(2)5;4-6-7-11(9,10)8-2-1-5-3-8;1-2-4-3(5)6;;1-3-2;/h10-11,13H,5-9H2,1-4H3;1,5-8,10H,2-3H3;2*7H,3-6H2,1-2H3;7H,3-6,8H2,1-2H3;2*1,6H,5H2,2-3H3;1,4-5H,2H3;1-3H;2H2,1H3,(H,5,6);;;/q;;;;;;;;;;+1;-1;+1. The number of aryl methyl sites for hydroxylation is 2. The van der Waals surface area contributed by atoms with Crippen LogP contribution in [-0.2, 0) is 87.9 Å². The summed E-state index contributed by atoms with van der Waals surface area (Å²) in [5.74, 6) is 9.38. The molecule has 36 nitrogen and oxygen atoms in total. The Morgan fingerprint density at radius 1 is 0.585 bits per heavy atom. The van der Waals surface area contributed by atoms with Gasteiger partial charge in [0.25, 0.3) is 10.1 Å². The van der Waals surface area contributed by atoms with Crippen LogP contribution in [0, 0.1) is 56.3 Å². The van der Waals surface area contributed by atoms with E-state index < -0.39 is 32.5 Å². The maximum Gasteiger partial charge on any atom is 1.00 e. The predicted molar refractivity (Wildman–Crippen MR) is 481 cm³/mol. The van der Waals surface area contributed by atoms with Gasteiger partial charge in [-0.3, -0.25) is 13.8 Å². The number of ether oxygens (including phenoxy) is 12. The first-order valence-electron chi connectivity index (χ1n) is 35.8. The number of hydrogen-bond donors (Lipinski definition) is 3. The van der Waals surface area contributed by atoms with Crippen LogP contribution in [0.25, 0.3) is 47.3 Å². The van der Waals surface area contributed by atoms with Gasteiger partial charge in [-0.05, 0) is 209 Å². The first-order chi connectivity index (χ1) is 55.1. The van der Waals surface area contributed by atoms with Crippen LogP contribution in [0.1, 0.15) is 160 Å². The molecule has 0 saturated heterocycles. The fourth-order valence-electron chi connectivity index (χ4n) is 6.34. The van der Waals surface area contributed by atoms with E-state index in [1.54, 1.807) is 23.7 Å². The number of aromatic nitrogens is 5. The van der Waals surface area contributed by atoms with Crippen molar-refractivity contribution < 1.29 is 164 Å². The Kier molecular flexibility index (Phi) is 112. The summed E-state index contributed by atoms with van der Waals surface area (Å²) in [5.41, 5.74) is 44.6. The van der Waals surface area contributed by atoms with E-state index in [1.807, 2.05) is 117 Å². The van der Waals surface area contributed by atoms with Crippen LogP contribution in [0.4, 0.5) is 0 Å². The Hall–Kier alpha value is -3.89. The molecule has 0 radical (unpaired) electrons. The van der Waals surface area contributed by atoms with Gasteiger partial charge in [-0.15, -0.1) is 30.8 Å². The van der Waals surface area contributed by atoms with Crippen LogP contribution < -0.4 is 86.7 Å². The van der Waals surface area contributed by atoms with Crippen molar-refractivity contribution in [2.45, 2.75) is 215 Å². The number of thiol groups is 1. The van der Waals surface area contributed by atoms with Gasteiger partial charge >= 0.3 is 91.2 Å². The summed E-state index contributed by atoms with van der Waals surface area (Å²) in [4.78, 5) is 12.5. The van der Waals surface area contributed by atoms with Gasteiger partial charge in [-0.2, -0.15) is 16.8 Å². The Labute approximate surface area is 805 Å². The molecule has 48 heteroatoms. The van der Waals surface area contributed by atoms with Gasteiger partial charge in [0.05, 0.1) is 57.3 Å². The summed E-state index contributed by atoms with van der Waals surface area (Å²) < 4.78 is 119. The molecule has 0 spiro atoms. The molecule has 1 aromatic carbocycles. The third-order valence-electron chi connectivity index (χ3n) is 11.1. The van der Waals surface area contributed by atoms with Crippen molar-refractivity contribution in [3.05, 3.63) is 108 Å². The number of imidazole rings is 1. The van der Waals surface area contributed by atoms with Crippen molar-refractivity contribution >= 4 is 135 Å². The van der Waals surface area contributed by atoms with Gasteiger partial charge in [0.1, 0.15) is 18.5 Å². The van der Waals surface area contributed by atoms with Gasteiger partial charge in [0.15, 0.2) is 25.2 Å². The van der Waals surface area contributed by atoms with Gasteiger partial charge in [0.2, 0.25) is 17.5 Å². The van der Waals surface area contributed by atoms with E-state index in [1.165, 1.54) is 71.6 Å². The largest absolute Gasteiger partial charge is 1.00 e. The van der Waals surface area contributed by atoms with Gasteiger partial charge in [-0.25, -0.2) is 8.96 Å². The van der Waals surface area contributed by atoms with Crippen molar-refractivity contribution in [2.24, 2.45) is 20.5 Å². The van der Waals surface area contributed by atoms with Crippen molar-refractivity contribution in [1.29, 1.82) is 0 Å². The molecule has 0 saturated carbocycles. The molecule has 3 N–H and O–H groups in total. The molecule has 0 aliphatic carbocycles. The average molecular weight is 1880 g/mol. The summed E-state index contributed by atoms with van der Waals surface area (Å²) >= 11 is 27.2. The molecule has 118 heavy (non-hydrogen) atoms. The SMILES string of the molecule is C#CC(C)O.C#CC(C)OS(=O)(=O)c1ccc(C)cc1.C#CC(C)SC(=S)OCC.C#CC(C)SC(=S)OCC.CCOC(=S)S.CCOC(=S)SC(C)c1cn(CCC(OCC)OCC)nn1.CCOC(CCN)OCC.CCOC(CCN=[N+]=[N-])OCC.CCOC(CCN=[N+]=[N-])OCC.[K+].[N-]=[N+]=NS(=O)(=O)n1ccnc1.[N-]=[N+]=[N-].[Na+]. The van der Waals surface area contributed by atoms with E-state index in [2.05, 4.69) is 104 Å². The Morgan fingerprint density at radius 2 is 0.949 bits per heavy atom. The summed E-state index contributed by atoms with van der Waals surface area (Å²) in [6.45, 7) is 43.4. The van der Waals surface area contributed by atoms with E-state index in [0.717, 1.165) is 30.4 Å². The van der Waals surface area contributed by atoms with Crippen LogP contribution in [0.2, 0.25) is 0 Å². The molecular weight excluding hydrogens is 1760 g/mol. The molecule has 658 valence electrons. The monoisotopic (exact) mass is 1880 g/mol. The second-order valence-corrected chi connectivity index (χ2v) is 30.1. The van der Waals surface area contributed by atoms with Crippen molar-refractivity contribution in [3.8, 4) is 49.4 Å². The second kappa shape index (κ2) is 98.5. The van der Waals surface area contributed by atoms with Crippen LogP contribution in [0.3, 0.4) is 0 Å². The fourth-order valence-corrected chi connectivity index (χ4v) is 11.6. The van der Waals surface area contributed by atoms with E-state index in [-0.39, 0.29) is 127 Å². The Morgan fingerprint density at radius 3 is 1.24 bits per heavy atom. The fraction of sp³-hybridized carbons (Fsp3) is 0.671. The molecule has 0 bridgehead atoms. The Balaban J connectivity index is -0.000000139. The quantitative estimate of drug-likeness (QED) is 0.00548. The summed E-state index contributed by atoms with van der Waals surface area (Å²) in [6, 6.07) is 6.40. The summed E-state index contributed by atoms with van der Waals surface area (Å²) in [5, 5.41) is 23.6. The van der Waals surface area contributed by atoms with Crippen molar-refractivity contribution in [1.82, 2.24) is 24.0 Å². The van der Waals surface area contributed by atoms with Crippen molar-refractivity contribution in [2.75, 3.05) is 98.9 Å². The van der Waals surface area contributed by atoms with E-state index >= 15 is 0 Å². The molecular formula is C70H119KN18NaO18S10+. The zero-order chi connectivity index (χ0) is 90.4. The zero-order valence-corrected chi connectivity index (χ0v) is 84.8. The summed E-state index contributed by atoms with van der Waals surface area (Å²) in [7, 11) is -7.64. The molecule has 0 aliphatic rings. The number of rotatable bonds is 40. The van der Waals surface area contributed by atoms with E-state index in [4.69, 9.17) is 151 Å². The topological polar surface area (TPSA) is 488 Å². The smallest absolute Gasteiger partial charge is 0.479 e. The van der Waals surface area contributed by atoms with Crippen LogP contribution in [-0.4, -0.2) is 210 Å². The number of nitrogens with zero attached hydrogens (tertiary/aromatic N) is 17. The van der Waals surface area contributed by atoms with E-state index in [0.29, 0.717) is 140 Å². The number of azide groups is 3. The Bertz CT molecular complexity index is 3450. The molecule has 0 amide bonds. The first kappa shape index (κ1) is 135. The molecule has 0 fully saturated rings. The zero-order valence-electron chi connectivity index (χ0n) is 71.5. The molecule has 3 aromatic rings. The number of hydrogen-bond acceptors (Lipinski definition) is 31. The van der Waals surface area contributed by atoms with Crippen LogP contribution >= 0.6 is 96.8 Å². The van der Waals surface area contributed by atoms with Gasteiger partial charge in [0, 0.05) is 131 Å². The first-order valence-corrected chi connectivity index (χ1v) is 43.4. The molecule has 0 aliphatic heterocycles. The van der Waals surface area contributed by atoms with Gasteiger partial charge < -0.3 is 78.7 Å². The van der Waals surface area contributed by atoms with E-state index in [9.17, 15) is 16.8 Å². The molecule has 5 unspecified atom stereocenters. The maximum atomic E-state index is 11.6. The number of benzene rings is 1. The normalized spacial score (nSPS) is 10.9. The number of thioether (sulfide) groups is 3. The molecule has 5 atom stereocenters. The third kappa shape index (κ3) is 94.4. The minimum absolute atomic E-state index is 0. The number of aliphatic hydroxyl groups excluding tert-OH is 1. The average Bonchev–Trinajstić information content (AvgIpc) is 1.09. The minimum atomic E-state index is -3.90. The number of terminal acetylenes is 4. The van der Waals surface area contributed by atoms with Crippen LogP contribution in [0.15, 0.2) is 68.8 Å². The molecule has 2 heterocycles. The number of thiocarbonyl (C=S) groups is 4. The summed E-state index contributed by atoms with van der Waals surface area (Å²) in [6.07, 6.45) is 26.0. The number of aliphatic hydroxyl groups is 1. The van der Waals surface area contributed by atoms with Crippen molar-refractivity contribution in [3.63, 3.8) is 0 Å².